The van der Waals surface area contributed by atoms with Crippen LogP contribution in [-0.4, -0.2) is 66.1 Å². The number of carbonyl (C=O) groups is 2. The molecule has 45 heavy (non-hydrogen) atoms. The van der Waals surface area contributed by atoms with Crippen molar-refractivity contribution in [3.05, 3.63) is 140 Å². The van der Waals surface area contributed by atoms with Gasteiger partial charge in [-0.1, -0.05) is 91.0 Å². The summed E-state index contributed by atoms with van der Waals surface area (Å²) in [6, 6.07) is 32.8. The van der Waals surface area contributed by atoms with E-state index in [9.17, 15) is 9.90 Å². The van der Waals surface area contributed by atoms with Crippen molar-refractivity contribution in [1.29, 1.82) is 0 Å². The number of nitrogens with one attached hydrogen (secondary N) is 1. The van der Waals surface area contributed by atoms with Crippen molar-refractivity contribution in [2.75, 3.05) is 39.4 Å². The molecule has 2 amide bonds. The van der Waals surface area contributed by atoms with Crippen LogP contribution in [0, 0.1) is 3.57 Å². The number of rotatable bonds is 10. The molecule has 7 nitrogen and oxygen atoms in total. The van der Waals surface area contributed by atoms with Gasteiger partial charge < -0.3 is 20.1 Å². The highest BCUT2D eigenvalue weighted by atomic mass is 127. The number of ether oxygens (including phenoxy) is 1. The van der Waals surface area contributed by atoms with Gasteiger partial charge in [-0.05, 0) is 69.0 Å². The third-order valence-electron chi connectivity index (χ3n) is 9.00. The van der Waals surface area contributed by atoms with Crippen molar-refractivity contribution < 1.29 is 19.4 Å². The van der Waals surface area contributed by atoms with E-state index in [1.165, 1.54) is 0 Å². The topological polar surface area (TPSA) is 82.1 Å². The Labute approximate surface area is 278 Å². The molecule has 4 aromatic carbocycles. The molecule has 0 bridgehead atoms. The molecule has 0 spiro atoms. The van der Waals surface area contributed by atoms with Gasteiger partial charge in [0.25, 0.3) is 5.91 Å². The van der Waals surface area contributed by atoms with Crippen molar-refractivity contribution in [2.45, 2.75) is 31.0 Å². The van der Waals surface area contributed by atoms with Crippen LogP contribution in [-0.2, 0) is 34.5 Å². The molecular formula is C37H38IN3O4. The van der Waals surface area contributed by atoms with Crippen LogP contribution in [0.3, 0.4) is 0 Å². The molecule has 232 valence electrons. The summed E-state index contributed by atoms with van der Waals surface area (Å²) < 4.78 is 6.59. The third kappa shape index (κ3) is 6.56. The molecule has 2 atom stereocenters. The number of nitrogens with zero attached hydrogens (tertiary/aromatic N) is 2. The lowest BCUT2D eigenvalue weighted by molar-refractivity contribution is -0.130. The lowest BCUT2D eigenvalue weighted by Crippen LogP contribution is -2.60. The van der Waals surface area contributed by atoms with Crippen molar-refractivity contribution in [1.82, 2.24) is 15.1 Å². The Kier molecular flexibility index (Phi) is 9.94. The molecule has 2 heterocycles. The quantitative estimate of drug-likeness (QED) is 0.223. The van der Waals surface area contributed by atoms with E-state index >= 15 is 4.79 Å². The van der Waals surface area contributed by atoms with Crippen LogP contribution < -0.4 is 5.32 Å². The number of halogens is 1. The Hall–Kier alpha value is -3.57. The van der Waals surface area contributed by atoms with Gasteiger partial charge in [0, 0.05) is 41.9 Å². The highest BCUT2D eigenvalue weighted by molar-refractivity contribution is 14.1. The fourth-order valence-electron chi connectivity index (χ4n) is 6.73. The van der Waals surface area contributed by atoms with Gasteiger partial charge in [0.1, 0.15) is 5.41 Å². The van der Waals surface area contributed by atoms with Crippen molar-refractivity contribution in [3.8, 4) is 0 Å². The van der Waals surface area contributed by atoms with Gasteiger partial charge in [-0.15, -0.1) is 0 Å². The van der Waals surface area contributed by atoms with Crippen LogP contribution in [0.2, 0.25) is 0 Å². The summed E-state index contributed by atoms with van der Waals surface area (Å²) in [4.78, 5) is 33.8. The summed E-state index contributed by atoms with van der Waals surface area (Å²) in [5.41, 5.74) is 3.78. The van der Waals surface area contributed by atoms with Crippen LogP contribution in [0.15, 0.2) is 103 Å². The zero-order valence-electron chi connectivity index (χ0n) is 25.2. The Balaban J connectivity index is 1.53. The summed E-state index contributed by atoms with van der Waals surface area (Å²) in [5.74, 6) is -0.213. The van der Waals surface area contributed by atoms with E-state index in [1.54, 1.807) is 0 Å². The molecule has 0 aliphatic carbocycles. The van der Waals surface area contributed by atoms with Gasteiger partial charge in [0.05, 0.1) is 25.9 Å². The summed E-state index contributed by atoms with van der Waals surface area (Å²) in [6.45, 7) is 4.53. The Bertz CT molecular complexity index is 1620. The molecule has 0 radical (unpaired) electrons. The first-order chi connectivity index (χ1) is 22.0. The summed E-state index contributed by atoms with van der Waals surface area (Å²) in [5, 5.41) is 13.2. The molecule has 8 heteroatoms. The maximum atomic E-state index is 15.1. The lowest BCUT2D eigenvalue weighted by Gasteiger charge is -2.50. The molecule has 4 aromatic rings. The smallest absolute Gasteiger partial charge is 0.255 e. The SMILES string of the molecule is O=C1c2ccccc2[C@](Cc2ccccc2I)(C(=O)NCCN2CCOCC2)C(c2ccc(CO)cc2)N1Cc1ccccc1. The zero-order chi connectivity index (χ0) is 31.2. The molecule has 0 saturated carbocycles. The minimum atomic E-state index is -1.15. The highest BCUT2D eigenvalue weighted by Crippen LogP contribution is 2.50. The van der Waals surface area contributed by atoms with Crippen LogP contribution in [0.5, 0.6) is 0 Å². The predicted octanol–water partition coefficient (Wildman–Crippen LogP) is 5.11. The van der Waals surface area contributed by atoms with E-state index in [2.05, 4.69) is 44.9 Å². The van der Waals surface area contributed by atoms with Gasteiger partial charge in [-0.2, -0.15) is 0 Å². The first kappa shape index (κ1) is 31.4. The van der Waals surface area contributed by atoms with Gasteiger partial charge >= 0.3 is 0 Å². The van der Waals surface area contributed by atoms with Crippen molar-refractivity contribution >= 4 is 34.4 Å². The Morgan fingerprint density at radius 3 is 2.31 bits per heavy atom. The molecular weight excluding hydrogens is 677 g/mol. The predicted molar refractivity (Wildman–Crippen MR) is 183 cm³/mol. The minimum Gasteiger partial charge on any atom is -0.392 e. The van der Waals surface area contributed by atoms with Crippen LogP contribution in [0.1, 0.15) is 44.2 Å². The van der Waals surface area contributed by atoms with Crippen molar-refractivity contribution in [3.63, 3.8) is 0 Å². The number of morpholine rings is 1. The fourth-order valence-corrected chi connectivity index (χ4v) is 7.31. The number of aliphatic hydroxyl groups excluding tert-OH is 1. The second kappa shape index (κ2) is 14.2. The molecule has 2 N–H and O–H groups in total. The average Bonchev–Trinajstić information content (AvgIpc) is 3.09. The minimum absolute atomic E-state index is 0.0875. The molecule has 0 aromatic heterocycles. The molecule has 1 saturated heterocycles. The zero-order valence-corrected chi connectivity index (χ0v) is 27.4. The van der Waals surface area contributed by atoms with Gasteiger partial charge in [0.2, 0.25) is 5.91 Å². The molecule has 1 unspecified atom stereocenters. The maximum Gasteiger partial charge on any atom is 0.255 e. The number of aliphatic hydroxyl groups is 1. The van der Waals surface area contributed by atoms with E-state index < -0.39 is 11.5 Å². The number of hydrogen-bond donors (Lipinski definition) is 2. The highest BCUT2D eigenvalue weighted by Gasteiger charge is 2.56. The van der Waals surface area contributed by atoms with E-state index in [0.717, 1.165) is 51.0 Å². The van der Waals surface area contributed by atoms with Crippen LogP contribution >= 0.6 is 22.6 Å². The average molecular weight is 716 g/mol. The standard InChI is InChI=1S/C37H38IN3O4/c38-33-13-7-4-10-30(33)24-37(36(44)39-18-19-40-20-22-45-23-21-40)32-12-6-5-11-31(32)35(43)41(25-27-8-2-1-3-9-27)34(37)29-16-14-28(26-42)15-17-29/h1-17,34,42H,18-26H2,(H,39,44)/t34?,37-/m0/s1. The number of hydrogen-bond acceptors (Lipinski definition) is 5. The molecule has 2 aliphatic heterocycles. The maximum absolute atomic E-state index is 15.1. The Morgan fingerprint density at radius 1 is 0.889 bits per heavy atom. The first-order valence-corrected chi connectivity index (χ1v) is 16.5. The molecule has 1 fully saturated rings. The van der Waals surface area contributed by atoms with E-state index in [-0.39, 0.29) is 18.4 Å². The molecule has 2 aliphatic rings. The van der Waals surface area contributed by atoms with Gasteiger partial charge in [-0.3, -0.25) is 14.5 Å². The van der Waals surface area contributed by atoms with Gasteiger partial charge in [-0.25, -0.2) is 0 Å². The number of benzene rings is 4. The fraction of sp³-hybridized carbons (Fsp3) is 0.297. The second-order valence-electron chi connectivity index (χ2n) is 11.7. The van der Waals surface area contributed by atoms with Gasteiger partial charge in [0.15, 0.2) is 0 Å². The monoisotopic (exact) mass is 715 g/mol. The Morgan fingerprint density at radius 2 is 1.58 bits per heavy atom. The summed E-state index contributed by atoms with van der Waals surface area (Å²) in [7, 11) is 0. The number of amides is 2. The van der Waals surface area contributed by atoms with E-state index in [4.69, 9.17) is 4.74 Å². The van der Waals surface area contributed by atoms with E-state index in [0.29, 0.717) is 38.3 Å². The summed E-state index contributed by atoms with van der Waals surface area (Å²) >= 11 is 2.34. The third-order valence-corrected chi connectivity index (χ3v) is 10.1. The first-order valence-electron chi connectivity index (χ1n) is 15.5. The normalized spacial score (nSPS) is 20.1. The second-order valence-corrected chi connectivity index (χ2v) is 12.9. The lowest BCUT2D eigenvalue weighted by atomic mass is 9.63. The molecule has 6 rings (SSSR count). The van der Waals surface area contributed by atoms with E-state index in [1.807, 2.05) is 95.9 Å². The van der Waals surface area contributed by atoms with Crippen LogP contribution in [0.4, 0.5) is 0 Å². The van der Waals surface area contributed by atoms with Crippen LogP contribution in [0.25, 0.3) is 0 Å². The number of fused-ring (bicyclic) bond motifs is 1. The largest absolute Gasteiger partial charge is 0.392 e. The van der Waals surface area contributed by atoms with Crippen molar-refractivity contribution in [2.24, 2.45) is 0 Å². The summed E-state index contributed by atoms with van der Waals surface area (Å²) in [6.07, 6.45) is 0.400. The number of carbonyl (C=O) groups excluding carboxylic acids is 2.